The zero-order valence-electron chi connectivity index (χ0n) is 16.6. The van der Waals surface area contributed by atoms with Gasteiger partial charge in [-0.05, 0) is 24.7 Å². The van der Waals surface area contributed by atoms with E-state index in [4.69, 9.17) is 0 Å². The standard InChI is InChI=1S/C22H29N5O/c1-24-9-13-26(14-10-24)20-7-8-23-21(17-20)22(28)27-15-11-25(12-16-27)18-19-5-3-2-4-6-19/h2-8,17H,9-16,18H2,1H3. The van der Waals surface area contributed by atoms with Crippen LogP contribution in [0.15, 0.2) is 48.7 Å². The lowest BCUT2D eigenvalue weighted by atomic mass is 10.2. The van der Waals surface area contributed by atoms with Gasteiger partial charge in [-0.25, -0.2) is 0 Å². The molecule has 6 nitrogen and oxygen atoms in total. The third-order valence-electron chi connectivity index (χ3n) is 5.74. The van der Waals surface area contributed by atoms with Crippen molar-refractivity contribution in [2.24, 2.45) is 0 Å². The van der Waals surface area contributed by atoms with E-state index >= 15 is 0 Å². The van der Waals surface area contributed by atoms with Crippen LogP contribution in [0.3, 0.4) is 0 Å². The minimum Gasteiger partial charge on any atom is -0.369 e. The summed E-state index contributed by atoms with van der Waals surface area (Å²) in [6.07, 6.45) is 1.77. The highest BCUT2D eigenvalue weighted by molar-refractivity contribution is 5.93. The van der Waals surface area contributed by atoms with Gasteiger partial charge >= 0.3 is 0 Å². The molecule has 0 N–H and O–H groups in total. The van der Waals surface area contributed by atoms with Gasteiger partial charge in [0, 0.05) is 70.8 Å². The van der Waals surface area contributed by atoms with Gasteiger partial charge in [-0.3, -0.25) is 14.7 Å². The summed E-state index contributed by atoms with van der Waals surface area (Å²) in [5.41, 5.74) is 2.99. The first-order chi connectivity index (χ1) is 13.7. The van der Waals surface area contributed by atoms with E-state index in [1.54, 1.807) is 6.20 Å². The molecule has 2 aromatic rings. The molecule has 4 rings (SSSR count). The Morgan fingerprint density at radius 3 is 2.36 bits per heavy atom. The molecular weight excluding hydrogens is 350 g/mol. The fraction of sp³-hybridized carbons (Fsp3) is 0.455. The largest absolute Gasteiger partial charge is 0.369 e. The molecule has 0 radical (unpaired) electrons. The number of anilines is 1. The van der Waals surface area contributed by atoms with Crippen LogP contribution in [0.5, 0.6) is 0 Å². The van der Waals surface area contributed by atoms with Crippen LogP contribution in [0.25, 0.3) is 0 Å². The Labute approximate surface area is 167 Å². The molecule has 2 aliphatic rings. The van der Waals surface area contributed by atoms with Crippen molar-refractivity contribution < 1.29 is 4.79 Å². The first-order valence-electron chi connectivity index (χ1n) is 10.1. The van der Waals surface area contributed by atoms with Crippen molar-refractivity contribution in [3.8, 4) is 0 Å². The lowest BCUT2D eigenvalue weighted by Gasteiger charge is -2.35. The van der Waals surface area contributed by atoms with Crippen LogP contribution in [0.2, 0.25) is 0 Å². The molecular formula is C22H29N5O. The highest BCUT2D eigenvalue weighted by atomic mass is 16.2. The van der Waals surface area contributed by atoms with Gasteiger partial charge in [-0.1, -0.05) is 30.3 Å². The second-order valence-electron chi connectivity index (χ2n) is 7.74. The Balaban J connectivity index is 1.34. The average Bonchev–Trinajstić information content (AvgIpc) is 2.75. The highest BCUT2D eigenvalue weighted by Gasteiger charge is 2.24. The first-order valence-corrected chi connectivity index (χ1v) is 10.1. The molecule has 0 spiro atoms. The van der Waals surface area contributed by atoms with E-state index in [0.29, 0.717) is 5.69 Å². The van der Waals surface area contributed by atoms with E-state index < -0.39 is 0 Å². The van der Waals surface area contributed by atoms with Gasteiger partial charge in [-0.2, -0.15) is 0 Å². The number of aromatic nitrogens is 1. The predicted octanol–water partition coefficient (Wildman–Crippen LogP) is 1.79. The second-order valence-corrected chi connectivity index (χ2v) is 7.74. The molecule has 6 heteroatoms. The molecule has 1 amide bonds. The van der Waals surface area contributed by atoms with Crippen LogP contribution in [-0.4, -0.2) is 85.0 Å². The molecule has 148 valence electrons. The molecule has 1 aromatic heterocycles. The summed E-state index contributed by atoms with van der Waals surface area (Å²) in [6, 6.07) is 14.5. The van der Waals surface area contributed by atoms with Crippen LogP contribution >= 0.6 is 0 Å². The molecule has 0 aliphatic carbocycles. The molecule has 1 aromatic carbocycles. The van der Waals surface area contributed by atoms with E-state index in [-0.39, 0.29) is 5.91 Å². The summed E-state index contributed by atoms with van der Waals surface area (Å²) in [7, 11) is 2.15. The Kier molecular flexibility index (Phi) is 5.88. The zero-order chi connectivity index (χ0) is 19.3. The van der Waals surface area contributed by atoms with Crippen molar-refractivity contribution in [1.29, 1.82) is 0 Å². The van der Waals surface area contributed by atoms with E-state index in [9.17, 15) is 4.79 Å². The Hall–Kier alpha value is -2.44. The number of amides is 1. The number of nitrogens with zero attached hydrogens (tertiary/aromatic N) is 5. The minimum atomic E-state index is 0.0512. The fourth-order valence-corrected chi connectivity index (χ4v) is 3.91. The molecule has 3 heterocycles. The van der Waals surface area contributed by atoms with E-state index in [2.05, 4.69) is 51.0 Å². The minimum absolute atomic E-state index is 0.0512. The van der Waals surface area contributed by atoms with Gasteiger partial charge in [0.2, 0.25) is 0 Å². The summed E-state index contributed by atoms with van der Waals surface area (Å²) in [5, 5.41) is 0. The third-order valence-corrected chi connectivity index (χ3v) is 5.74. The smallest absolute Gasteiger partial charge is 0.272 e. The zero-order valence-corrected chi connectivity index (χ0v) is 16.6. The van der Waals surface area contributed by atoms with Crippen LogP contribution in [0.4, 0.5) is 5.69 Å². The van der Waals surface area contributed by atoms with Crippen molar-refractivity contribution in [2.45, 2.75) is 6.54 Å². The normalized spacial score (nSPS) is 19.0. The summed E-state index contributed by atoms with van der Waals surface area (Å²) in [6.45, 7) is 8.35. The maximum Gasteiger partial charge on any atom is 0.272 e. The van der Waals surface area contributed by atoms with Crippen molar-refractivity contribution in [2.75, 3.05) is 64.3 Å². The fourth-order valence-electron chi connectivity index (χ4n) is 3.91. The number of pyridine rings is 1. The van der Waals surface area contributed by atoms with Crippen molar-refractivity contribution >= 4 is 11.6 Å². The number of hydrogen-bond acceptors (Lipinski definition) is 5. The number of carbonyl (C=O) groups is 1. The second kappa shape index (κ2) is 8.71. The maximum atomic E-state index is 13.0. The Morgan fingerprint density at radius 2 is 1.64 bits per heavy atom. The number of piperazine rings is 2. The molecule has 0 bridgehead atoms. The molecule has 2 aliphatic heterocycles. The predicted molar refractivity (Wildman–Crippen MR) is 112 cm³/mol. The van der Waals surface area contributed by atoms with Crippen molar-refractivity contribution in [1.82, 2.24) is 19.7 Å². The highest BCUT2D eigenvalue weighted by Crippen LogP contribution is 2.18. The van der Waals surface area contributed by atoms with Crippen molar-refractivity contribution in [3.63, 3.8) is 0 Å². The molecule has 2 fully saturated rings. The van der Waals surface area contributed by atoms with Crippen molar-refractivity contribution in [3.05, 3.63) is 59.9 Å². The van der Waals surface area contributed by atoms with Gasteiger partial charge in [-0.15, -0.1) is 0 Å². The Morgan fingerprint density at radius 1 is 0.929 bits per heavy atom. The maximum absolute atomic E-state index is 13.0. The SMILES string of the molecule is CN1CCN(c2ccnc(C(=O)N3CCN(Cc4ccccc4)CC3)c2)CC1. The monoisotopic (exact) mass is 379 g/mol. The first kappa shape index (κ1) is 18.9. The van der Waals surface area contributed by atoms with E-state index in [1.165, 1.54) is 5.56 Å². The van der Waals surface area contributed by atoms with E-state index in [0.717, 1.165) is 64.6 Å². The summed E-state index contributed by atoms with van der Waals surface area (Å²) >= 11 is 0. The number of carbonyl (C=O) groups excluding carboxylic acids is 1. The van der Waals surface area contributed by atoms with Crippen LogP contribution in [0, 0.1) is 0 Å². The molecule has 2 saturated heterocycles. The van der Waals surface area contributed by atoms with Gasteiger partial charge < -0.3 is 14.7 Å². The number of hydrogen-bond donors (Lipinski definition) is 0. The van der Waals surface area contributed by atoms with E-state index in [1.807, 2.05) is 23.1 Å². The van der Waals surface area contributed by atoms with Gasteiger partial charge in [0.1, 0.15) is 5.69 Å². The van der Waals surface area contributed by atoms with Gasteiger partial charge in [0.15, 0.2) is 0 Å². The number of rotatable bonds is 4. The molecule has 0 unspecified atom stereocenters. The van der Waals surface area contributed by atoms with Crippen LogP contribution in [-0.2, 0) is 6.54 Å². The Bertz CT molecular complexity index is 781. The number of likely N-dealkylation sites (N-methyl/N-ethyl adjacent to an activating group) is 1. The average molecular weight is 380 g/mol. The molecule has 28 heavy (non-hydrogen) atoms. The third kappa shape index (κ3) is 4.51. The molecule has 0 saturated carbocycles. The van der Waals surface area contributed by atoms with Gasteiger partial charge in [0.25, 0.3) is 5.91 Å². The van der Waals surface area contributed by atoms with Gasteiger partial charge in [0.05, 0.1) is 0 Å². The topological polar surface area (TPSA) is 42.9 Å². The number of benzene rings is 1. The van der Waals surface area contributed by atoms with Crippen LogP contribution in [0.1, 0.15) is 16.1 Å². The quantitative estimate of drug-likeness (QED) is 0.810. The lowest BCUT2D eigenvalue weighted by molar-refractivity contribution is 0.0623. The summed E-state index contributed by atoms with van der Waals surface area (Å²) in [4.78, 5) is 26.4. The summed E-state index contributed by atoms with van der Waals surface area (Å²) in [5.74, 6) is 0.0512. The lowest BCUT2D eigenvalue weighted by Crippen LogP contribution is -2.48. The summed E-state index contributed by atoms with van der Waals surface area (Å²) < 4.78 is 0. The van der Waals surface area contributed by atoms with Crippen LogP contribution < -0.4 is 4.90 Å². The molecule has 0 atom stereocenters.